The Bertz CT molecular complexity index is 685. The highest BCUT2D eigenvalue weighted by Gasteiger charge is 2.34. The predicted octanol–water partition coefficient (Wildman–Crippen LogP) is 2.78. The van der Waals surface area contributed by atoms with Gasteiger partial charge in [-0.25, -0.2) is 0 Å². The zero-order valence-corrected chi connectivity index (χ0v) is 11.1. The molecule has 0 unspecified atom stereocenters. The molecule has 0 fully saturated rings. The number of rotatable bonds is 2. The fourth-order valence-electron chi connectivity index (χ4n) is 1.77. The van der Waals surface area contributed by atoms with E-state index in [1.54, 1.807) is 18.2 Å². The second-order valence-corrected chi connectivity index (χ2v) is 4.32. The highest BCUT2D eigenvalue weighted by molar-refractivity contribution is 5.99. The standard InChI is InChI=1S/C15H11F3N2O2/c16-15(17,18)12-9-5-4-8-11(12)14(22)20-19-13(21)10-6-2-1-3-7-10/h1-9H,(H,19,21)(H,20,22). The SMILES string of the molecule is O=C(NNC(=O)c1ccccc1C(F)(F)F)c1ccccc1. The summed E-state index contributed by atoms with van der Waals surface area (Å²) in [7, 11) is 0. The van der Waals surface area contributed by atoms with E-state index in [1.165, 1.54) is 24.3 Å². The fraction of sp³-hybridized carbons (Fsp3) is 0.0667. The lowest BCUT2D eigenvalue weighted by atomic mass is 10.1. The molecule has 2 N–H and O–H groups in total. The van der Waals surface area contributed by atoms with Crippen LogP contribution in [-0.4, -0.2) is 11.8 Å². The van der Waals surface area contributed by atoms with Crippen LogP contribution in [0.5, 0.6) is 0 Å². The van der Waals surface area contributed by atoms with Gasteiger partial charge in [-0.05, 0) is 24.3 Å². The number of hydrogen-bond donors (Lipinski definition) is 2. The second-order valence-electron chi connectivity index (χ2n) is 4.32. The normalized spacial score (nSPS) is 10.9. The molecule has 7 heteroatoms. The molecule has 22 heavy (non-hydrogen) atoms. The minimum absolute atomic E-state index is 0.270. The van der Waals surface area contributed by atoms with E-state index in [9.17, 15) is 22.8 Å². The summed E-state index contributed by atoms with van der Waals surface area (Å²) in [5, 5.41) is 0. The summed E-state index contributed by atoms with van der Waals surface area (Å²) in [4.78, 5) is 23.5. The van der Waals surface area contributed by atoms with E-state index in [-0.39, 0.29) is 5.56 Å². The maximum atomic E-state index is 12.8. The van der Waals surface area contributed by atoms with Crippen molar-refractivity contribution < 1.29 is 22.8 Å². The van der Waals surface area contributed by atoms with Crippen LogP contribution in [0, 0.1) is 0 Å². The van der Waals surface area contributed by atoms with Gasteiger partial charge in [0.2, 0.25) is 0 Å². The molecule has 4 nitrogen and oxygen atoms in total. The molecule has 0 bridgehead atoms. The number of carbonyl (C=O) groups is 2. The first-order valence-corrected chi connectivity index (χ1v) is 6.21. The summed E-state index contributed by atoms with van der Waals surface area (Å²) in [5.74, 6) is -1.67. The number of amides is 2. The number of hydrogen-bond acceptors (Lipinski definition) is 2. The summed E-state index contributed by atoms with van der Waals surface area (Å²) in [5.41, 5.74) is 2.68. The van der Waals surface area contributed by atoms with Crippen molar-refractivity contribution in [2.45, 2.75) is 6.18 Å². The van der Waals surface area contributed by atoms with Gasteiger partial charge in [0.1, 0.15) is 0 Å². The van der Waals surface area contributed by atoms with Crippen LogP contribution in [-0.2, 0) is 6.18 Å². The first kappa shape index (κ1) is 15.6. The molecule has 2 amide bonds. The van der Waals surface area contributed by atoms with Crippen molar-refractivity contribution in [2.24, 2.45) is 0 Å². The minimum atomic E-state index is -4.66. The van der Waals surface area contributed by atoms with Gasteiger partial charge < -0.3 is 0 Å². The van der Waals surface area contributed by atoms with E-state index in [1.807, 2.05) is 5.43 Å². The summed E-state index contributed by atoms with van der Waals surface area (Å²) in [6.45, 7) is 0. The number of nitrogens with one attached hydrogen (secondary N) is 2. The van der Waals surface area contributed by atoms with E-state index in [4.69, 9.17) is 0 Å². The van der Waals surface area contributed by atoms with Crippen molar-refractivity contribution in [3.8, 4) is 0 Å². The third kappa shape index (κ3) is 3.63. The van der Waals surface area contributed by atoms with Gasteiger partial charge >= 0.3 is 6.18 Å². The van der Waals surface area contributed by atoms with Crippen molar-refractivity contribution in [1.82, 2.24) is 10.9 Å². The molecule has 0 aliphatic carbocycles. The molecule has 0 aromatic heterocycles. The fourth-order valence-corrected chi connectivity index (χ4v) is 1.77. The Balaban J connectivity index is 2.09. The van der Waals surface area contributed by atoms with Crippen molar-refractivity contribution in [3.63, 3.8) is 0 Å². The molecule has 0 saturated carbocycles. The van der Waals surface area contributed by atoms with Crippen molar-refractivity contribution in [3.05, 3.63) is 71.3 Å². The average Bonchev–Trinajstić information content (AvgIpc) is 2.52. The van der Waals surface area contributed by atoms with E-state index < -0.39 is 29.1 Å². The second kappa shape index (κ2) is 6.30. The minimum Gasteiger partial charge on any atom is -0.267 e. The van der Waals surface area contributed by atoms with Crippen LogP contribution in [0.1, 0.15) is 26.3 Å². The lowest BCUT2D eigenvalue weighted by Gasteiger charge is -2.13. The van der Waals surface area contributed by atoms with E-state index in [0.29, 0.717) is 0 Å². The van der Waals surface area contributed by atoms with E-state index in [2.05, 4.69) is 5.43 Å². The molecule has 0 spiro atoms. The van der Waals surface area contributed by atoms with Gasteiger partial charge in [-0.3, -0.25) is 20.4 Å². The van der Waals surface area contributed by atoms with Crippen LogP contribution in [0.15, 0.2) is 54.6 Å². The van der Waals surface area contributed by atoms with Crippen LogP contribution in [0.4, 0.5) is 13.2 Å². The van der Waals surface area contributed by atoms with Crippen LogP contribution in [0.25, 0.3) is 0 Å². The summed E-state index contributed by atoms with van der Waals surface area (Å²) in [6, 6.07) is 12.3. The van der Waals surface area contributed by atoms with Gasteiger partial charge in [0, 0.05) is 5.56 Å². The lowest BCUT2D eigenvalue weighted by Crippen LogP contribution is -2.42. The topological polar surface area (TPSA) is 58.2 Å². The molecule has 0 heterocycles. The lowest BCUT2D eigenvalue weighted by molar-refractivity contribution is -0.137. The molecule has 0 radical (unpaired) electrons. The van der Waals surface area contributed by atoms with Gasteiger partial charge in [0.15, 0.2) is 0 Å². The Morgan fingerprint density at radius 2 is 1.32 bits per heavy atom. The Morgan fingerprint density at radius 3 is 1.95 bits per heavy atom. The summed E-state index contributed by atoms with van der Waals surface area (Å²) in [6.07, 6.45) is -4.66. The number of halogens is 3. The van der Waals surface area contributed by atoms with Crippen molar-refractivity contribution in [2.75, 3.05) is 0 Å². The zero-order valence-electron chi connectivity index (χ0n) is 11.1. The Labute approximate surface area is 123 Å². The maximum Gasteiger partial charge on any atom is 0.417 e. The van der Waals surface area contributed by atoms with Gasteiger partial charge in [-0.1, -0.05) is 30.3 Å². The number of benzene rings is 2. The van der Waals surface area contributed by atoms with Gasteiger partial charge in [0.25, 0.3) is 11.8 Å². The first-order chi connectivity index (χ1) is 10.4. The maximum absolute atomic E-state index is 12.8. The van der Waals surface area contributed by atoms with Crippen molar-refractivity contribution in [1.29, 1.82) is 0 Å². The molecule has 0 aliphatic rings. The highest BCUT2D eigenvalue weighted by Crippen LogP contribution is 2.31. The van der Waals surface area contributed by atoms with Gasteiger partial charge in [0.05, 0.1) is 11.1 Å². The third-order valence-corrected chi connectivity index (χ3v) is 2.80. The highest BCUT2D eigenvalue weighted by atomic mass is 19.4. The molecule has 0 saturated heterocycles. The monoisotopic (exact) mass is 308 g/mol. The van der Waals surface area contributed by atoms with E-state index in [0.717, 1.165) is 12.1 Å². The molecule has 0 atom stereocenters. The Kier molecular flexibility index (Phi) is 4.45. The smallest absolute Gasteiger partial charge is 0.267 e. The van der Waals surface area contributed by atoms with E-state index >= 15 is 0 Å². The molecular weight excluding hydrogens is 297 g/mol. The van der Waals surface area contributed by atoms with Gasteiger partial charge in [-0.2, -0.15) is 13.2 Å². The molecular formula is C15H11F3N2O2. The number of hydrazine groups is 1. The largest absolute Gasteiger partial charge is 0.417 e. The zero-order chi connectivity index (χ0) is 16.2. The third-order valence-electron chi connectivity index (χ3n) is 2.80. The number of alkyl halides is 3. The summed E-state index contributed by atoms with van der Waals surface area (Å²) >= 11 is 0. The molecule has 2 rings (SSSR count). The molecule has 114 valence electrons. The quantitative estimate of drug-likeness (QED) is 0.838. The van der Waals surface area contributed by atoms with Crippen LogP contribution in [0.3, 0.4) is 0 Å². The molecule has 2 aromatic rings. The van der Waals surface area contributed by atoms with Crippen LogP contribution in [0.2, 0.25) is 0 Å². The molecule has 2 aromatic carbocycles. The summed E-state index contributed by atoms with van der Waals surface area (Å²) < 4.78 is 38.4. The molecule has 0 aliphatic heterocycles. The van der Waals surface area contributed by atoms with Crippen LogP contribution < -0.4 is 10.9 Å². The Hall–Kier alpha value is -2.83. The predicted molar refractivity (Wildman–Crippen MR) is 72.8 cm³/mol. The Morgan fingerprint density at radius 1 is 0.773 bits per heavy atom. The van der Waals surface area contributed by atoms with Crippen molar-refractivity contribution >= 4 is 11.8 Å². The average molecular weight is 308 g/mol. The van der Waals surface area contributed by atoms with Crippen LogP contribution >= 0.6 is 0 Å². The first-order valence-electron chi connectivity index (χ1n) is 6.21. The number of carbonyl (C=O) groups excluding carboxylic acids is 2. The van der Waals surface area contributed by atoms with Gasteiger partial charge in [-0.15, -0.1) is 0 Å².